The molecular weight excluding hydrogens is 332 g/mol. The van der Waals surface area contributed by atoms with Crippen LogP contribution in [0.3, 0.4) is 0 Å². The standard InChI is InChI=1S/C20H24N2O2S/c23-19(12-4-10-18-11-6-14-25-18)22-13-5-7-16(15-22)20(24)21-17-8-2-1-3-9-17/h1-3,6,8-9,11,14,16H,4-5,7,10,12-13,15H2,(H,21,24). The molecule has 1 aromatic heterocycles. The van der Waals surface area contributed by atoms with Gasteiger partial charge in [0, 0.05) is 30.1 Å². The van der Waals surface area contributed by atoms with Crippen LogP contribution in [0.2, 0.25) is 0 Å². The van der Waals surface area contributed by atoms with Gasteiger partial charge in [-0.05, 0) is 49.3 Å². The number of carbonyl (C=O) groups is 2. The van der Waals surface area contributed by atoms with E-state index in [0.29, 0.717) is 13.0 Å². The van der Waals surface area contributed by atoms with Gasteiger partial charge in [0.1, 0.15) is 0 Å². The number of nitrogens with one attached hydrogen (secondary N) is 1. The Morgan fingerprint density at radius 1 is 1.16 bits per heavy atom. The Labute approximate surface area is 152 Å². The predicted molar refractivity (Wildman–Crippen MR) is 102 cm³/mol. The average molecular weight is 356 g/mol. The fraction of sp³-hybridized carbons (Fsp3) is 0.400. The Bertz CT molecular complexity index is 685. The number of anilines is 1. The van der Waals surface area contributed by atoms with Gasteiger partial charge in [0.15, 0.2) is 0 Å². The van der Waals surface area contributed by atoms with E-state index in [-0.39, 0.29) is 17.7 Å². The fourth-order valence-electron chi connectivity index (χ4n) is 3.21. The van der Waals surface area contributed by atoms with Gasteiger partial charge in [-0.15, -0.1) is 11.3 Å². The summed E-state index contributed by atoms with van der Waals surface area (Å²) in [4.78, 5) is 28.1. The summed E-state index contributed by atoms with van der Waals surface area (Å²) in [6.07, 6.45) is 4.12. The van der Waals surface area contributed by atoms with Crippen LogP contribution in [0.15, 0.2) is 47.8 Å². The van der Waals surface area contributed by atoms with Crippen LogP contribution in [-0.4, -0.2) is 29.8 Å². The van der Waals surface area contributed by atoms with Crippen LogP contribution < -0.4 is 5.32 Å². The van der Waals surface area contributed by atoms with Gasteiger partial charge in [0.25, 0.3) is 0 Å². The number of piperidine rings is 1. The first-order valence-electron chi connectivity index (χ1n) is 8.88. The number of carbonyl (C=O) groups excluding carboxylic acids is 2. The molecular formula is C20H24N2O2S. The van der Waals surface area contributed by atoms with E-state index in [4.69, 9.17) is 0 Å². The Hall–Kier alpha value is -2.14. The molecule has 0 spiro atoms. The Balaban J connectivity index is 1.46. The highest BCUT2D eigenvalue weighted by molar-refractivity contribution is 7.09. The van der Waals surface area contributed by atoms with Crippen molar-refractivity contribution in [1.82, 2.24) is 4.90 Å². The van der Waals surface area contributed by atoms with E-state index >= 15 is 0 Å². The molecule has 1 aliphatic rings. The van der Waals surface area contributed by atoms with Crippen LogP contribution in [0.1, 0.15) is 30.6 Å². The highest BCUT2D eigenvalue weighted by Gasteiger charge is 2.28. The van der Waals surface area contributed by atoms with Crippen molar-refractivity contribution in [3.63, 3.8) is 0 Å². The van der Waals surface area contributed by atoms with E-state index < -0.39 is 0 Å². The number of amides is 2. The SMILES string of the molecule is O=C(Nc1ccccc1)C1CCCN(C(=O)CCCc2cccs2)C1. The van der Waals surface area contributed by atoms with Crippen molar-refractivity contribution in [3.05, 3.63) is 52.7 Å². The van der Waals surface area contributed by atoms with Gasteiger partial charge in [0.2, 0.25) is 11.8 Å². The summed E-state index contributed by atoms with van der Waals surface area (Å²) in [5, 5.41) is 5.02. The van der Waals surface area contributed by atoms with Crippen molar-refractivity contribution in [1.29, 1.82) is 0 Å². The minimum absolute atomic E-state index is 0.0160. The van der Waals surface area contributed by atoms with E-state index in [9.17, 15) is 9.59 Å². The topological polar surface area (TPSA) is 49.4 Å². The maximum atomic E-state index is 12.5. The van der Waals surface area contributed by atoms with Gasteiger partial charge in [0.05, 0.1) is 5.92 Å². The van der Waals surface area contributed by atoms with Crippen LogP contribution in [0.25, 0.3) is 0 Å². The van der Waals surface area contributed by atoms with Crippen LogP contribution in [0.4, 0.5) is 5.69 Å². The molecule has 0 aliphatic carbocycles. The zero-order chi connectivity index (χ0) is 17.5. The average Bonchev–Trinajstić information content (AvgIpc) is 3.16. The number of para-hydroxylation sites is 1. The van der Waals surface area contributed by atoms with Gasteiger partial charge in [-0.25, -0.2) is 0 Å². The molecule has 4 nitrogen and oxygen atoms in total. The molecule has 0 saturated carbocycles. The van der Waals surface area contributed by atoms with Gasteiger partial charge in [-0.2, -0.15) is 0 Å². The van der Waals surface area contributed by atoms with Crippen molar-refractivity contribution in [2.45, 2.75) is 32.1 Å². The number of hydrogen-bond acceptors (Lipinski definition) is 3. The molecule has 3 rings (SSSR count). The lowest BCUT2D eigenvalue weighted by Gasteiger charge is -2.32. The highest BCUT2D eigenvalue weighted by Crippen LogP contribution is 2.20. The first kappa shape index (κ1) is 17.7. The number of aryl methyl sites for hydroxylation is 1. The maximum Gasteiger partial charge on any atom is 0.229 e. The molecule has 1 fully saturated rings. The summed E-state index contributed by atoms with van der Waals surface area (Å²) < 4.78 is 0. The molecule has 2 amide bonds. The monoisotopic (exact) mass is 356 g/mol. The molecule has 5 heteroatoms. The van der Waals surface area contributed by atoms with E-state index in [2.05, 4.69) is 16.8 Å². The molecule has 0 radical (unpaired) electrons. The Morgan fingerprint density at radius 3 is 2.76 bits per heavy atom. The number of hydrogen-bond donors (Lipinski definition) is 1. The third-order valence-corrected chi connectivity index (χ3v) is 5.52. The van der Waals surface area contributed by atoms with Crippen LogP contribution in [0, 0.1) is 5.92 Å². The summed E-state index contributed by atoms with van der Waals surface area (Å²) in [6, 6.07) is 13.7. The zero-order valence-electron chi connectivity index (χ0n) is 14.3. The third kappa shape index (κ3) is 5.16. The first-order chi connectivity index (χ1) is 12.2. The van der Waals surface area contributed by atoms with Gasteiger partial charge < -0.3 is 10.2 Å². The van der Waals surface area contributed by atoms with Gasteiger partial charge in [-0.3, -0.25) is 9.59 Å². The minimum atomic E-state index is -0.116. The number of nitrogens with zero attached hydrogens (tertiary/aromatic N) is 1. The molecule has 0 bridgehead atoms. The van der Waals surface area contributed by atoms with E-state index in [1.165, 1.54) is 4.88 Å². The molecule has 1 aromatic carbocycles. The molecule has 1 N–H and O–H groups in total. The number of likely N-dealkylation sites (tertiary alicyclic amines) is 1. The Kier molecular flexibility index (Phi) is 6.23. The summed E-state index contributed by atoms with van der Waals surface area (Å²) in [6.45, 7) is 1.31. The van der Waals surface area contributed by atoms with Crippen molar-refractivity contribution in [2.24, 2.45) is 5.92 Å². The fourth-order valence-corrected chi connectivity index (χ4v) is 3.96. The molecule has 1 unspecified atom stereocenters. The lowest BCUT2D eigenvalue weighted by molar-refractivity contribution is -0.134. The second kappa shape index (κ2) is 8.81. The Morgan fingerprint density at radius 2 is 2.00 bits per heavy atom. The molecule has 1 saturated heterocycles. The molecule has 25 heavy (non-hydrogen) atoms. The second-order valence-electron chi connectivity index (χ2n) is 6.47. The van der Waals surface area contributed by atoms with Crippen LogP contribution >= 0.6 is 11.3 Å². The summed E-state index contributed by atoms with van der Waals surface area (Å²) in [7, 11) is 0. The number of benzene rings is 1. The quantitative estimate of drug-likeness (QED) is 0.852. The highest BCUT2D eigenvalue weighted by atomic mass is 32.1. The summed E-state index contributed by atoms with van der Waals surface area (Å²) in [5.41, 5.74) is 0.812. The predicted octanol–water partition coefficient (Wildman–Crippen LogP) is 3.95. The number of thiophene rings is 1. The normalized spacial score (nSPS) is 17.3. The molecule has 1 atom stereocenters. The van der Waals surface area contributed by atoms with Crippen molar-refractivity contribution in [3.8, 4) is 0 Å². The minimum Gasteiger partial charge on any atom is -0.342 e. The lowest BCUT2D eigenvalue weighted by Crippen LogP contribution is -2.43. The summed E-state index contributed by atoms with van der Waals surface area (Å²) in [5.74, 6) is 0.0752. The van der Waals surface area contributed by atoms with Crippen molar-refractivity contribution >= 4 is 28.8 Å². The van der Waals surface area contributed by atoms with E-state index in [1.807, 2.05) is 41.3 Å². The maximum absolute atomic E-state index is 12.5. The third-order valence-electron chi connectivity index (χ3n) is 4.58. The van der Waals surface area contributed by atoms with Crippen molar-refractivity contribution in [2.75, 3.05) is 18.4 Å². The molecule has 1 aliphatic heterocycles. The van der Waals surface area contributed by atoms with Crippen molar-refractivity contribution < 1.29 is 9.59 Å². The van der Waals surface area contributed by atoms with Gasteiger partial charge in [-0.1, -0.05) is 24.3 Å². The van der Waals surface area contributed by atoms with Crippen LogP contribution in [-0.2, 0) is 16.0 Å². The zero-order valence-corrected chi connectivity index (χ0v) is 15.1. The lowest BCUT2D eigenvalue weighted by atomic mass is 9.96. The molecule has 2 aromatic rings. The second-order valence-corrected chi connectivity index (χ2v) is 7.50. The number of rotatable bonds is 6. The smallest absolute Gasteiger partial charge is 0.229 e. The largest absolute Gasteiger partial charge is 0.342 e. The van der Waals surface area contributed by atoms with Gasteiger partial charge >= 0.3 is 0 Å². The van der Waals surface area contributed by atoms with Crippen LogP contribution in [0.5, 0.6) is 0 Å². The first-order valence-corrected chi connectivity index (χ1v) is 9.76. The molecule has 2 heterocycles. The van der Waals surface area contributed by atoms with E-state index in [1.54, 1.807) is 11.3 Å². The summed E-state index contributed by atoms with van der Waals surface area (Å²) >= 11 is 1.74. The molecule has 132 valence electrons. The van der Waals surface area contributed by atoms with E-state index in [0.717, 1.165) is 37.9 Å².